The molecule has 0 saturated heterocycles. The van der Waals surface area contributed by atoms with E-state index in [1.807, 2.05) is 0 Å². The summed E-state index contributed by atoms with van der Waals surface area (Å²) in [5.74, 6) is -0.867. The number of aromatic amines is 1. The van der Waals surface area contributed by atoms with Crippen LogP contribution in [0.3, 0.4) is 0 Å². The van der Waals surface area contributed by atoms with Gasteiger partial charge >= 0.3 is 0 Å². The number of aromatic nitrogens is 2. The molecule has 0 unspecified atom stereocenters. The maximum atomic E-state index is 15.5. The maximum absolute atomic E-state index is 15.5. The van der Waals surface area contributed by atoms with Crippen LogP contribution in [0.15, 0.2) is 79.1 Å². The highest BCUT2D eigenvalue weighted by molar-refractivity contribution is 7.91. The molecule has 11 heteroatoms. The fourth-order valence-electron chi connectivity index (χ4n) is 4.55. The van der Waals surface area contributed by atoms with Gasteiger partial charge in [-0.3, -0.25) is 9.52 Å². The normalized spacial score (nSPS) is 12.8. The molecule has 3 aromatic carbocycles. The summed E-state index contributed by atoms with van der Waals surface area (Å²) in [5, 5.41) is 0.860. The van der Waals surface area contributed by atoms with Crippen LogP contribution >= 0.6 is 11.6 Å². The number of H-pyrrole nitrogens is 1. The number of nitrogens with zero attached hydrogens (tertiary/aromatic N) is 1. The van der Waals surface area contributed by atoms with E-state index < -0.39 is 21.6 Å². The van der Waals surface area contributed by atoms with Crippen molar-refractivity contribution in [1.82, 2.24) is 9.97 Å². The highest BCUT2D eigenvalue weighted by atomic mass is 35.5. The standard InChI is InChI=1S/C29H21ClFN3O5S/c30-23-13-26-25(38-9-10-39-26)12-20(23)18-11-21-22(15-33-29(21)32-14-18)28(35)19-7-4-8-24(27(19)31)34-40(36,37)16-17-5-2-1-3-6-17/h1-8,11-15,34H,9-10,16H2,(H,32,33). The van der Waals surface area contributed by atoms with Gasteiger partial charge in [0.25, 0.3) is 0 Å². The van der Waals surface area contributed by atoms with Crippen molar-refractivity contribution < 1.29 is 27.1 Å². The van der Waals surface area contributed by atoms with Crippen LogP contribution in [0.25, 0.3) is 22.2 Å². The first kappa shape index (κ1) is 25.8. The summed E-state index contributed by atoms with van der Waals surface area (Å²) in [6.07, 6.45) is 3.05. The molecule has 6 rings (SSSR count). The zero-order valence-electron chi connectivity index (χ0n) is 20.8. The van der Waals surface area contributed by atoms with E-state index in [-0.39, 0.29) is 22.6 Å². The van der Waals surface area contributed by atoms with Gasteiger partial charge in [0.05, 0.1) is 22.0 Å². The van der Waals surface area contributed by atoms with Crippen molar-refractivity contribution in [3.8, 4) is 22.6 Å². The number of rotatable bonds is 7. The molecule has 1 aliphatic heterocycles. The molecule has 0 aliphatic carbocycles. The number of pyridine rings is 1. The molecular formula is C29H21ClFN3O5S. The van der Waals surface area contributed by atoms with Crippen molar-refractivity contribution in [2.75, 3.05) is 17.9 Å². The number of sulfonamides is 1. The Morgan fingerprint density at radius 1 is 1.00 bits per heavy atom. The molecule has 0 bridgehead atoms. The second kappa shape index (κ2) is 10.3. The molecule has 0 radical (unpaired) electrons. The number of anilines is 1. The number of hydrogen-bond donors (Lipinski definition) is 2. The summed E-state index contributed by atoms with van der Waals surface area (Å²) in [6, 6.07) is 17.7. The van der Waals surface area contributed by atoms with Gasteiger partial charge in [-0.05, 0) is 29.8 Å². The molecule has 202 valence electrons. The third-order valence-electron chi connectivity index (χ3n) is 6.43. The van der Waals surface area contributed by atoms with E-state index >= 15 is 4.39 Å². The Hall–Kier alpha value is -4.41. The number of ketones is 1. The zero-order chi connectivity index (χ0) is 27.9. The van der Waals surface area contributed by atoms with Gasteiger partial charge < -0.3 is 14.5 Å². The molecule has 1 aliphatic rings. The number of ether oxygens (including phenoxy) is 2. The topological polar surface area (TPSA) is 110 Å². The minimum atomic E-state index is -3.94. The number of fused-ring (bicyclic) bond motifs is 2. The van der Waals surface area contributed by atoms with Crippen molar-refractivity contribution >= 4 is 44.1 Å². The molecule has 5 aromatic rings. The predicted octanol–water partition coefficient (Wildman–Crippen LogP) is 5.97. The third-order valence-corrected chi connectivity index (χ3v) is 7.98. The average molecular weight is 578 g/mol. The third kappa shape index (κ3) is 4.99. The van der Waals surface area contributed by atoms with E-state index in [0.717, 1.165) is 0 Å². The Labute approximate surface area is 233 Å². The number of carbonyl (C=O) groups excluding carboxylic acids is 1. The number of nitrogens with one attached hydrogen (secondary N) is 2. The Bertz CT molecular complexity index is 1880. The van der Waals surface area contributed by atoms with Crippen molar-refractivity contribution in [2.24, 2.45) is 0 Å². The molecule has 0 fully saturated rings. The lowest BCUT2D eigenvalue weighted by Gasteiger charge is -2.19. The monoisotopic (exact) mass is 577 g/mol. The summed E-state index contributed by atoms with van der Waals surface area (Å²) < 4.78 is 54.4. The Kier molecular flexibility index (Phi) is 6.65. The molecule has 40 heavy (non-hydrogen) atoms. The van der Waals surface area contributed by atoms with Crippen molar-refractivity contribution in [1.29, 1.82) is 0 Å². The summed E-state index contributed by atoms with van der Waals surface area (Å²) in [5.41, 5.74) is 1.77. The molecule has 0 amide bonds. The lowest BCUT2D eigenvalue weighted by molar-refractivity contribution is 0.103. The van der Waals surface area contributed by atoms with Crippen LogP contribution in [0.5, 0.6) is 11.5 Å². The first-order valence-corrected chi connectivity index (χ1v) is 14.3. The summed E-state index contributed by atoms with van der Waals surface area (Å²) in [7, 11) is -3.94. The van der Waals surface area contributed by atoms with E-state index in [9.17, 15) is 13.2 Å². The van der Waals surface area contributed by atoms with E-state index in [2.05, 4.69) is 14.7 Å². The van der Waals surface area contributed by atoms with Gasteiger partial charge in [-0.25, -0.2) is 17.8 Å². The van der Waals surface area contributed by atoms with Gasteiger partial charge in [0.2, 0.25) is 10.0 Å². The molecule has 2 aromatic heterocycles. The fourth-order valence-corrected chi connectivity index (χ4v) is 6.01. The second-order valence-corrected chi connectivity index (χ2v) is 11.3. The van der Waals surface area contributed by atoms with Crippen LogP contribution in [-0.2, 0) is 15.8 Å². The SMILES string of the molecule is O=C(c1cccc(NS(=O)(=O)Cc2ccccc2)c1F)c1c[nH]c2ncc(-c3cc4c(cc3Cl)OCCO4)cc12. The Morgan fingerprint density at radius 2 is 1.75 bits per heavy atom. The van der Waals surface area contributed by atoms with Crippen molar-refractivity contribution in [3.63, 3.8) is 0 Å². The van der Waals surface area contributed by atoms with E-state index in [4.69, 9.17) is 21.1 Å². The van der Waals surface area contributed by atoms with Gasteiger partial charge in [0, 0.05) is 40.5 Å². The van der Waals surface area contributed by atoms with Crippen molar-refractivity contribution in [3.05, 3.63) is 107 Å². The highest BCUT2D eigenvalue weighted by Crippen LogP contribution is 2.40. The van der Waals surface area contributed by atoms with Gasteiger partial charge in [0.15, 0.2) is 23.1 Å². The van der Waals surface area contributed by atoms with Crippen LogP contribution in [0.1, 0.15) is 21.5 Å². The number of carbonyl (C=O) groups is 1. The van der Waals surface area contributed by atoms with Crippen LogP contribution in [0.4, 0.5) is 10.1 Å². The molecule has 8 nitrogen and oxygen atoms in total. The zero-order valence-corrected chi connectivity index (χ0v) is 22.4. The smallest absolute Gasteiger partial charge is 0.237 e. The number of hydrogen-bond acceptors (Lipinski definition) is 6. The Morgan fingerprint density at radius 3 is 2.52 bits per heavy atom. The van der Waals surface area contributed by atoms with Crippen LogP contribution in [-0.4, -0.2) is 37.4 Å². The van der Waals surface area contributed by atoms with Crippen LogP contribution in [0, 0.1) is 5.82 Å². The Balaban J connectivity index is 1.33. The van der Waals surface area contributed by atoms with Crippen molar-refractivity contribution in [2.45, 2.75) is 5.75 Å². The van der Waals surface area contributed by atoms with Crippen LogP contribution < -0.4 is 14.2 Å². The average Bonchev–Trinajstić information content (AvgIpc) is 3.37. The predicted molar refractivity (Wildman–Crippen MR) is 150 cm³/mol. The second-order valence-electron chi connectivity index (χ2n) is 9.14. The number of halogens is 2. The molecule has 2 N–H and O–H groups in total. The maximum Gasteiger partial charge on any atom is 0.237 e. The fraction of sp³-hybridized carbons (Fsp3) is 0.103. The first-order chi connectivity index (χ1) is 19.3. The molecular weight excluding hydrogens is 557 g/mol. The molecule has 0 atom stereocenters. The lowest BCUT2D eigenvalue weighted by atomic mass is 10.00. The van der Waals surface area contributed by atoms with Gasteiger partial charge in [-0.1, -0.05) is 48.0 Å². The first-order valence-electron chi connectivity index (χ1n) is 12.2. The van der Waals surface area contributed by atoms with E-state index in [1.54, 1.807) is 54.7 Å². The van der Waals surface area contributed by atoms with E-state index in [0.29, 0.717) is 57.5 Å². The number of benzene rings is 3. The summed E-state index contributed by atoms with van der Waals surface area (Å²) in [6.45, 7) is 0.839. The quantitative estimate of drug-likeness (QED) is 0.231. The minimum Gasteiger partial charge on any atom is -0.486 e. The largest absolute Gasteiger partial charge is 0.486 e. The molecule has 0 spiro atoms. The molecule has 3 heterocycles. The minimum absolute atomic E-state index is 0.168. The van der Waals surface area contributed by atoms with Gasteiger partial charge in [-0.15, -0.1) is 0 Å². The summed E-state index contributed by atoms with van der Waals surface area (Å²) in [4.78, 5) is 20.9. The van der Waals surface area contributed by atoms with Gasteiger partial charge in [-0.2, -0.15) is 0 Å². The highest BCUT2D eigenvalue weighted by Gasteiger charge is 2.23. The molecule has 0 saturated carbocycles. The van der Waals surface area contributed by atoms with Gasteiger partial charge in [0.1, 0.15) is 18.9 Å². The van der Waals surface area contributed by atoms with Crippen LogP contribution in [0.2, 0.25) is 5.02 Å². The van der Waals surface area contributed by atoms with E-state index in [1.165, 1.54) is 24.4 Å². The summed E-state index contributed by atoms with van der Waals surface area (Å²) >= 11 is 6.52. The lowest BCUT2D eigenvalue weighted by Crippen LogP contribution is -2.17.